The van der Waals surface area contributed by atoms with Gasteiger partial charge in [0.25, 0.3) is 0 Å². The van der Waals surface area contributed by atoms with Gasteiger partial charge in [-0.05, 0) is 13.0 Å². The highest BCUT2D eigenvalue weighted by Gasteiger charge is 2.39. The van der Waals surface area contributed by atoms with Gasteiger partial charge in [-0.2, -0.15) is 0 Å². The molecule has 2 atom stereocenters. The van der Waals surface area contributed by atoms with Crippen molar-refractivity contribution in [2.45, 2.75) is 18.9 Å². The van der Waals surface area contributed by atoms with Gasteiger partial charge in [-0.1, -0.05) is 0 Å². The summed E-state index contributed by atoms with van der Waals surface area (Å²) in [6, 6.07) is -0.1000. The highest BCUT2D eigenvalue weighted by molar-refractivity contribution is 5.84. The first kappa shape index (κ1) is 14.9. The monoisotopic (exact) mass is 259 g/mol. The van der Waals surface area contributed by atoms with Crippen LogP contribution in [-0.2, 0) is 9.59 Å². The maximum Gasteiger partial charge on any atom is 0.238 e. The molecule has 1 unspecified atom stereocenters. The SMILES string of the molecule is O=C(CCCN1C[C@H]1C(=O)NCCO)NCCO. The molecular weight excluding hydrogens is 238 g/mol. The second kappa shape index (κ2) is 8.02. The Morgan fingerprint density at radius 2 is 1.83 bits per heavy atom. The third kappa shape index (κ3) is 5.44. The summed E-state index contributed by atoms with van der Waals surface area (Å²) >= 11 is 0. The molecule has 4 N–H and O–H groups in total. The first-order valence-corrected chi connectivity index (χ1v) is 6.19. The first-order chi connectivity index (χ1) is 8.69. The van der Waals surface area contributed by atoms with E-state index in [4.69, 9.17) is 10.2 Å². The Kier molecular flexibility index (Phi) is 6.63. The molecule has 0 aromatic rings. The molecule has 0 aromatic heterocycles. The zero-order chi connectivity index (χ0) is 13.4. The van der Waals surface area contributed by atoms with E-state index in [1.165, 1.54) is 0 Å². The summed E-state index contributed by atoms with van der Waals surface area (Å²) in [5.74, 6) is -0.138. The van der Waals surface area contributed by atoms with E-state index < -0.39 is 0 Å². The molecule has 0 aliphatic carbocycles. The largest absolute Gasteiger partial charge is 0.395 e. The molecule has 1 heterocycles. The standard InChI is InChI=1S/C11H21N3O4/c15-6-3-12-10(17)2-1-5-14-8-9(14)11(18)13-4-7-16/h9,15-16H,1-8H2,(H,12,17)(H,13,18)/t9-,14?/m0/s1. The molecule has 18 heavy (non-hydrogen) atoms. The summed E-state index contributed by atoms with van der Waals surface area (Å²) in [5.41, 5.74) is 0. The van der Waals surface area contributed by atoms with E-state index in [0.29, 0.717) is 19.4 Å². The van der Waals surface area contributed by atoms with Crippen LogP contribution in [-0.4, -0.2) is 72.4 Å². The topological polar surface area (TPSA) is 102 Å². The van der Waals surface area contributed by atoms with Crippen molar-refractivity contribution >= 4 is 11.8 Å². The lowest BCUT2D eigenvalue weighted by atomic mass is 10.3. The van der Waals surface area contributed by atoms with Crippen molar-refractivity contribution in [2.24, 2.45) is 0 Å². The number of hydrogen-bond donors (Lipinski definition) is 4. The van der Waals surface area contributed by atoms with Crippen LogP contribution in [0.4, 0.5) is 0 Å². The third-order valence-corrected chi connectivity index (χ3v) is 2.71. The number of rotatable bonds is 9. The van der Waals surface area contributed by atoms with Gasteiger partial charge in [0.05, 0.1) is 13.2 Å². The zero-order valence-electron chi connectivity index (χ0n) is 10.4. The number of carbonyl (C=O) groups is 2. The van der Waals surface area contributed by atoms with Crippen LogP contribution in [0.5, 0.6) is 0 Å². The van der Waals surface area contributed by atoms with Crippen LogP contribution in [0, 0.1) is 0 Å². The smallest absolute Gasteiger partial charge is 0.238 e. The second-order valence-corrected chi connectivity index (χ2v) is 4.20. The Balaban J connectivity index is 2.02. The molecular formula is C11H21N3O4. The number of aliphatic hydroxyl groups excluding tert-OH is 2. The Hall–Kier alpha value is -1.18. The minimum atomic E-state index is -0.1000. The van der Waals surface area contributed by atoms with Gasteiger partial charge in [0.15, 0.2) is 0 Å². The van der Waals surface area contributed by atoms with Gasteiger partial charge < -0.3 is 20.8 Å². The molecule has 7 nitrogen and oxygen atoms in total. The highest BCUT2D eigenvalue weighted by Crippen LogP contribution is 2.17. The number of hydrogen-bond acceptors (Lipinski definition) is 5. The number of nitrogens with zero attached hydrogens (tertiary/aromatic N) is 1. The van der Waals surface area contributed by atoms with Gasteiger partial charge in [0.1, 0.15) is 6.04 Å². The minimum absolute atomic E-state index is 0.0506. The Morgan fingerprint density at radius 1 is 1.17 bits per heavy atom. The van der Waals surface area contributed by atoms with Crippen LogP contribution >= 0.6 is 0 Å². The Labute approximate surface area is 106 Å². The molecule has 104 valence electrons. The van der Waals surface area contributed by atoms with Crippen LogP contribution in [0.1, 0.15) is 12.8 Å². The van der Waals surface area contributed by atoms with Gasteiger partial charge in [-0.15, -0.1) is 0 Å². The molecule has 0 spiro atoms. The predicted molar refractivity (Wildman–Crippen MR) is 64.8 cm³/mol. The van der Waals surface area contributed by atoms with Crippen molar-refractivity contribution in [2.75, 3.05) is 39.4 Å². The molecule has 0 aromatic carbocycles. The van der Waals surface area contributed by atoms with E-state index >= 15 is 0 Å². The zero-order valence-corrected chi connectivity index (χ0v) is 10.4. The van der Waals surface area contributed by atoms with Crippen molar-refractivity contribution in [1.82, 2.24) is 15.5 Å². The lowest BCUT2D eigenvalue weighted by Gasteiger charge is -2.05. The third-order valence-electron chi connectivity index (χ3n) is 2.71. The van der Waals surface area contributed by atoms with E-state index in [2.05, 4.69) is 10.6 Å². The van der Waals surface area contributed by atoms with Crippen LogP contribution in [0.2, 0.25) is 0 Å². The molecule has 1 aliphatic heterocycles. The number of aliphatic hydroxyl groups is 2. The van der Waals surface area contributed by atoms with Gasteiger partial charge in [0, 0.05) is 26.1 Å². The van der Waals surface area contributed by atoms with Crippen LogP contribution in [0.25, 0.3) is 0 Å². The number of amides is 2. The first-order valence-electron chi connectivity index (χ1n) is 6.19. The molecule has 0 radical (unpaired) electrons. The number of nitrogens with one attached hydrogen (secondary N) is 2. The van der Waals surface area contributed by atoms with Crippen LogP contribution < -0.4 is 10.6 Å². The minimum Gasteiger partial charge on any atom is -0.395 e. The lowest BCUT2D eigenvalue weighted by Crippen LogP contribution is -2.32. The van der Waals surface area contributed by atoms with Gasteiger partial charge in [-0.3, -0.25) is 14.5 Å². The number of carbonyl (C=O) groups excluding carboxylic acids is 2. The van der Waals surface area contributed by atoms with E-state index in [9.17, 15) is 9.59 Å². The van der Waals surface area contributed by atoms with Gasteiger partial charge >= 0.3 is 0 Å². The quantitative estimate of drug-likeness (QED) is 0.348. The highest BCUT2D eigenvalue weighted by atomic mass is 16.3. The molecule has 2 amide bonds. The normalized spacial score (nSPS) is 21.4. The summed E-state index contributed by atoms with van der Waals surface area (Å²) in [5, 5.41) is 22.3. The molecule has 0 bridgehead atoms. The fraction of sp³-hybridized carbons (Fsp3) is 0.818. The van der Waals surface area contributed by atoms with Crippen molar-refractivity contribution in [3.05, 3.63) is 0 Å². The molecule has 1 rings (SSSR count). The van der Waals surface area contributed by atoms with E-state index in [-0.39, 0.29) is 44.2 Å². The van der Waals surface area contributed by atoms with Crippen molar-refractivity contribution in [3.8, 4) is 0 Å². The molecule has 0 saturated carbocycles. The van der Waals surface area contributed by atoms with Crippen molar-refractivity contribution < 1.29 is 19.8 Å². The van der Waals surface area contributed by atoms with Gasteiger partial charge in [0.2, 0.25) is 11.8 Å². The maximum atomic E-state index is 11.4. The predicted octanol–water partition coefficient (Wildman–Crippen LogP) is -2.33. The summed E-state index contributed by atoms with van der Waals surface area (Å²) in [6.45, 7) is 1.90. The summed E-state index contributed by atoms with van der Waals surface area (Å²) in [6.07, 6.45) is 1.10. The average Bonchev–Trinajstić information content (AvgIpc) is 3.13. The van der Waals surface area contributed by atoms with E-state index in [1.807, 2.05) is 4.90 Å². The summed E-state index contributed by atoms with van der Waals surface area (Å²) in [4.78, 5) is 24.6. The van der Waals surface area contributed by atoms with Crippen molar-refractivity contribution in [1.29, 1.82) is 0 Å². The summed E-state index contributed by atoms with van der Waals surface area (Å²) < 4.78 is 0. The summed E-state index contributed by atoms with van der Waals surface area (Å²) in [7, 11) is 0. The molecule has 1 saturated heterocycles. The van der Waals surface area contributed by atoms with Crippen LogP contribution in [0.15, 0.2) is 0 Å². The fourth-order valence-corrected chi connectivity index (χ4v) is 1.69. The van der Waals surface area contributed by atoms with Crippen molar-refractivity contribution in [3.63, 3.8) is 0 Å². The molecule has 1 fully saturated rings. The Morgan fingerprint density at radius 3 is 2.50 bits per heavy atom. The van der Waals surface area contributed by atoms with Crippen LogP contribution in [0.3, 0.4) is 0 Å². The average molecular weight is 259 g/mol. The fourth-order valence-electron chi connectivity index (χ4n) is 1.69. The maximum absolute atomic E-state index is 11.4. The second-order valence-electron chi connectivity index (χ2n) is 4.20. The lowest BCUT2D eigenvalue weighted by molar-refractivity contribution is -0.121. The molecule has 1 aliphatic rings. The van der Waals surface area contributed by atoms with E-state index in [0.717, 1.165) is 6.54 Å². The Bertz CT molecular complexity index is 285. The molecule has 7 heteroatoms. The van der Waals surface area contributed by atoms with Gasteiger partial charge in [-0.25, -0.2) is 0 Å². The van der Waals surface area contributed by atoms with E-state index in [1.54, 1.807) is 0 Å².